The Kier molecular flexibility index (Phi) is 2.73. The fourth-order valence-electron chi connectivity index (χ4n) is 2.07. The fraction of sp³-hybridized carbons (Fsp3) is 0.500. The van der Waals surface area contributed by atoms with Crippen LogP contribution in [0.4, 0.5) is 0 Å². The first-order chi connectivity index (χ1) is 6.77. The molecule has 0 radical (unpaired) electrons. The third-order valence-electron chi connectivity index (χ3n) is 2.87. The Morgan fingerprint density at radius 1 is 1.36 bits per heavy atom. The van der Waals surface area contributed by atoms with Crippen LogP contribution in [0.1, 0.15) is 36.4 Å². The molecule has 2 nitrogen and oxygen atoms in total. The van der Waals surface area contributed by atoms with Gasteiger partial charge in [0.15, 0.2) is 0 Å². The quantitative estimate of drug-likeness (QED) is 0.715. The highest BCUT2D eigenvalue weighted by molar-refractivity contribution is 5.38. The number of hydrogen-bond acceptors (Lipinski definition) is 2. The number of aryl methyl sites for hydroxylation is 1. The van der Waals surface area contributed by atoms with Crippen molar-refractivity contribution in [1.29, 1.82) is 0 Å². The Labute approximate surface area is 85.0 Å². The molecule has 0 bridgehead atoms. The van der Waals surface area contributed by atoms with Crippen LogP contribution in [0.25, 0.3) is 0 Å². The normalized spacial score (nSPS) is 22.2. The zero-order chi connectivity index (χ0) is 9.97. The molecule has 1 heterocycles. The Bertz CT molecular complexity index is 316. The van der Waals surface area contributed by atoms with Gasteiger partial charge in [-0.1, -0.05) is 18.6 Å². The zero-order valence-corrected chi connectivity index (χ0v) is 8.59. The van der Waals surface area contributed by atoms with Gasteiger partial charge in [-0.3, -0.25) is 0 Å². The van der Waals surface area contributed by atoms with E-state index in [9.17, 15) is 5.11 Å². The molecule has 0 aromatic heterocycles. The molecule has 0 aliphatic carbocycles. The number of piperidine rings is 1. The van der Waals surface area contributed by atoms with Crippen molar-refractivity contribution in [3.63, 3.8) is 0 Å². The molecular weight excluding hydrogens is 174 g/mol. The standard InChI is InChI=1S/C12H17NO/c1-9-5-6-10(12(14)8-9)11-4-2-3-7-13-11/h5-6,8,11,13-14H,2-4,7H2,1H3/t11-/m0/s1. The van der Waals surface area contributed by atoms with Gasteiger partial charge in [-0.15, -0.1) is 0 Å². The lowest BCUT2D eigenvalue weighted by atomic mass is 9.96. The van der Waals surface area contributed by atoms with E-state index in [-0.39, 0.29) is 0 Å². The van der Waals surface area contributed by atoms with Crippen LogP contribution >= 0.6 is 0 Å². The summed E-state index contributed by atoms with van der Waals surface area (Å²) in [5.74, 6) is 0.435. The molecule has 0 amide bonds. The summed E-state index contributed by atoms with van der Waals surface area (Å²) in [5, 5.41) is 13.2. The van der Waals surface area contributed by atoms with Gasteiger partial charge in [-0.05, 0) is 37.9 Å². The number of phenols is 1. The van der Waals surface area contributed by atoms with Crippen LogP contribution in [0.5, 0.6) is 5.75 Å². The van der Waals surface area contributed by atoms with Crippen LogP contribution in [-0.2, 0) is 0 Å². The monoisotopic (exact) mass is 191 g/mol. The SMILES string of the molecule is Cc1ccc([C@@H]2CCCCN2)c(O)c1. The second kappa shape index (κ2) is 4.01. The van der Waals surface area contributed by atoms with E-state index < -0.39 is 0 Å². The Hall–Kier alpha value is -1.02. The predicted molar refractivity (Wildman–Crippen MR) is 57.4 cm³/mol. The van der Waals surface area contributed by atoms with E-state index in [0.29, 0.717) is 11.8 Å². The summed E-state index contributed by atoms with van der Waals surface area (Å²) >= 11 is 0. The molecule has 76 valence electrons. The molecule has 1 aliphatic heterocycles. The minimum Gasteiger partial charge on any atom is -0.508 e. The largest absolute Gasteiger partial charge is 0.508 e. The van der Waals surface area contributed by atoms with Gasteiger partial charge in [0.25, 0.3) is 0 Å². The molecule has 2 N–H and O–H groups in total. The van der Waals surface area contributed by atoms with Crippen molar-refractivity contribution >= 4 is 0 Å². The lowest BCUT2D eigenvalue weighted by Crippen LogP contribution is -2.26. The summed E-state index contributed by atoms with van der Waals surface area (Å²) in [6, 6.07) is 6.29. The van der Waals surface area contributed by atoms with E-state index in [4.69, 9.17) is 0 Å². The molecule has 1 fully saturated rings. The van der Waals surface area contributed by atoms with Crippen molar-refractivity contribution in [3.05, 3.63) is 29.3 Å². The van der Waals surface area contributed by atoms with Crippen LogP contribution in [0, 0.1) is 6.92 Å². The van der Waals surface area contributed by atoms with Crippen LogP contribution in [0.15, 0.2) is 18.2 Å². The van der Waals surface area contributed by atoms with E-state index in [2.05, 4.69) is 11.4 Å². The number of hydrogen-bond donors (Lipinski definition) is 2. The molecule has 0 saturated carbocycles. The molecule has 14 heavy (non-hydrogen) atoms. The second-order valence-electron chi connectivity index (χ2n) is 4.06. The van der Waals surface area contributed by atoms with Crippen molar-refractivity contribution < 1.29 is 5.11 Å². The summed E-state index contributed by atoms with van der Waals surface area (Å²) in [6.45, 7) is 3.07. The minimum absolute atomic E-state index is 0.351. The van der Waals surface area contributed by atoms with Crippen molar-refractivity contribution in [2.24, 2.45) is 0 Å². The summed E-state index contributed by atoms with van der Waals surface area (Å²) in [4.78, 5) is 0. The number of aromatic hydroxyl groups is 1. The Balaban J connectivity index is 2.22. The predicted octanol–water partition coefficient (Wildman–Crippen LogP) is 2.52. The number of nitrogens with one attached hydrogen (secondary N) is 1. The van der Waals surface area contributed by atoms with Gasteiger partial charge >= 0.3 is 0 Å². The van der Waals surface area contributed by atoms with Crippen LogP contribution in [0.2, 0.25) is 0 Å². The van der Waals surface area contributed by atoms with Crippen molar-refractivity contribution in [2.45, 2.75) is 32.2 Å². The summed E-state index contributed by atoms with van der Waals surface area (Å²) < 4.78 is 0. The highest BCUT2D eigenvalue weighted by Gasteiger charge is 2.17. The van der Waals surface area contributed by atoms with E-state index in [1.165, 1.54) is 12.8 Å². The second-order valence-corrected chi connectivity index (χ2v) is 4.06. The fourth-order valence-corrected chi connectivity index (χ4v) is 2.07. The number of benzene rings is 1. The van der Waals surface area contributed by atoms with Crippen molar-refractivity contribution in [1.82, 2.24) is 5.32 Å². The van der Waals surface area contributed by atoms with Crippen LogP contribution < -0.4 is 5.32 Å². The van der Waals surface area contributed by atoms with E-state index >= 15 is 0 Å². The molecular formula is C12H17NO. The third-order valence-corrected chi connectivity index (χ3v) is 2.87. The molecule has 1 aromatic carbocycles. The van der Waals surface area contributed by atoms with Crippen molar-refractivity contribution in [3.8, 4) is 5.75 Å². The summed E-state index contributed by atoms with van der Waals surface area (Å²) in [5.41, 5.74) is 2.16. The Morgan fingerprint density at radius 3 is 2.86 bits per heavy atom. The van der Waals surface area contributed by atoms with Crippen LogP contribution in [0.3, 0.4) is 0 Å². The maximum Gasteiger partial charge on any atom is 0.120 e. The van der Waals surface area contributed by atoms with Gasteiger partial charge in [0, 0.05) is 11.6 Å². The topological polar surface area (TPSA) is 32.3 Å². The lowest BCUT2D eigenvalue weighted by molar-refractivity contribution is 0.391. The molecule has 0 spiro atoms. The summed E-state index contributed by atoms with van der Waals surface area (Å²) in [7, 11) is 0. The van der Waals surface area contributed by atoms with Gasteiger partial charge in [0.05, 0.1) is 0 Å². The first-order valence-electron chi connectivity index (χ1n) is 5.30. The number of rotatable bonds is 1. The third kappa shape index (κ3) is 1.90. The minimum atomic E-state index is 0.351. The average molecular weight is 191 g/mol. The Morgan fingerprint density at radius 2 is 2.21 bits per heavy atom. The smallest absolute Gasteiger partial charge is 0.120 e. The maximum absolute atomic E-state index is 9.80. The maximum atomic E-state index is 9.80. The highest BCUT2D eigenvalue weighted by atomic mass is 16.3. The van der Waals surface area contributed by atoms with Gasteiger partial charge in [-0.2, -0.15) is 0 Å². The van der Waals surface area contributed by atoms with Gasteiger partial charge in [-0.25, -0.2) is 0 Å². The molecule has 1 aliphatic rings. The van der Waals surface area contributed by atoms with E-state index in [0.717, 1.165) is 24.1 Å². The van der Waals surface area contributed by atoms with Gasteiger partial charge in [0.2, 0.25) is 0 Å². The zero-order valence-electron chi connectivity index (χ0n) is 8.59. The first kappa shape index (κ1) is 9.53. The van der Waals surface area contributed by atoms with Crippen molar-refractivity contribution in [2.75, 3.05) is 6.54 Å². The highest BCUT2D eigenvalue weighted by Crippen LogP contribution is 2.30. The van der Waals surface area contributed by atoms with Crippen LogP contribution in [-0.4, -0.2) is 11.7 Å². The number of phenolic OH excluding ortho intramolecular Hbond substituents is 1. The molecule has 1 aromatic rings. The summed E-state index contributed by atoms with van der Waals surface area (Å²) in [6.07, 6.45) is 3.64. The molecule has 2 heteroatoms. The molecule has 2 rings (SSSR count). The molecule has 1 saturated heterocycles. The molecule has 0 unspecified atom stereocenters. The lowest BCUT2D eigenvalue weighted by Gasteiger charge is -2.24. The van der Waals surface area contributed by atoms with Gasteiger partial charge < -0.3 is 10.4 Å². The molecule has 1 atom stereocenters. The first-order valence-corrected chi connectivity index (χ1v) is 5.30. The van der Waals surface area contributed by atoms with E-state index in [1.807, 2.05) is 19.1 Å². The van der Waals surface area contributed by atoms with E-state index in [1.54, 1.807) is 0 Å². The average Bonchev–Trinajstić information content (AvgIpc) is 2.19. The van der Waals surface area contributed by atoms with Gasteiger partial charge in [0.1, 0.15) is 5.75 Å².